The number of hydrogen-bond acceptors (Lipinski definition) is 3. The second-order valence-electron chi connectivity index (χ2n) is 4.93. The molecule has 26 heavy (non-hydrogen) atoms. The number of hydrogen-bond donors (Lipinski definition) is 1. The summed E-state index contributed by atoms with van der Waals surface area (Å²) < 4.78 is 67.0. The molecule has 0 spiro atoms. The van der Waals surface area contributed by atoms with E-state index >= 15 is 0 Å². The fourth-order valence-corrected chi connectivity index (χ4v) is 1.42. The van der Waals surface area contributed by atoms with Crippen LogP contribution in [-0.4, -0.2) is 29.8 Å². The van der Waals surface area contributed by atoms with Crippen LogP contribution < -0.4 is 5.32 Å². The van der Waals surface area contributed by atoms with Gasteiger partial charge in [0, 0.05) is 11.6 Å². The highest BCUT2D eigenvalue weighted by Crippen LogP contribution is 2.25. The highest BCUT2D eigenvalue weighted by molar-refractivity contribution is 6.42. The van der Waals surface area contributed by atoms with Gasteiger partial charge < -0.3 is 5.32 Å². The van der Waals surface area contributed by atoms with Crippen molar-refractivity contribution >= 4 is 46.4 Å². The standard InChI is InChI=1S/C10H11Cl2NO.C4F6O2/c1-6(2)10(14)13-7-3-4-8(11)9(12)5-7;5-3(6,7)1(11)2(12)4(8,9)10/h3-6H,1-2H3,(H,13,14);. The van der Waals surface area contributed by atoms with Gasteiger partial charge in [-0.05, 0) is 18.2 Å². The molecule has 146 valence electrons. The molecule has 1 rings (SSSR count). The Bertz CT molecular complexity index is 662. The minimum Gasteiger partial charge on any atom is -0.326 e. The van der Waals surface area contributed by atoms with Gasteiger partial charge in [-0.25, -0.2) is 0 Å². The van der Waals surface area contributed by atoms with Crippen LogP contribution in [0.5, 0.6) is 0 Å². The average molecular weight is 426 g/mol. The Morgan fingerprint density at radius 3 is 1.62 bits per heavy atom. The quantitative estimate of drug-likeness (QED) is 0.556. The number of amides is 1. The molecule has 0 unspecified atom stereocenters. The van der Waals surface area contributed by atoms with Crippen molar-refractivity contribution in [3.05, 3.63) is 28.2 Å². The van der Waals surface area contributed by atoms with Crippen molar-refractivity contribution in [2.75, 3.05) is 5.32 Å². The third-order valence-electron chi connectivity index (χ3n) is 2.43. The Labute approximate surface area is 153 Å². The number of ketones is 2. The van der Waals surface area contributed by atoms with Gasteiger partial charge in [0.25, 0.3) is 0 Å². The minimum absolute atomic E-state index is 0.0385. The van der Waals surface area contributed by atoms with E-state index in [0.717, 1.165) is 0 Å². The largest absolute Gasteiger partial charge is 0.458 e. The lowest BCUT2D eigenvalue weighted by atomic mass is 10.2. The summed E-state index contributed by atoms with van der Waals surface area (Å²) in [6.45, 7) is 3.65. The summed E-state index contributed by atoms with van der Waals surface area (Å²) in [5, 5.41) is 3.65. The summed E-state index contributed by atoms with van der Waals surface area (Å²) >= 11 is 11.5. The van der Waals surface area contributed by atoms with Gasteiger partial charge in [-0.1, -0.05) is 37.0 Å². The van der Waals surface area contributed by atoms with Crippen LogP contribution in [0.4, 0.5) is 32.0 Å². The SMILES string of the molecule is CC(C)C(=O)Nc1ccc(Cl)c(Cl)c1.O=C(C(=O)C(F)(F)F)C(F)(F)F. The van der Waals surface area contributed by atoms with Crippen LogP contribution in [0.15, 0.2) is 18.2 Å². The predicted molar refractivity (Wildman–Crippen MR) is 82.1 cm³/mol. The molecule has 4 nitrogen and oxygen atoms in total. The summed E-state index contributed by atoms with van der Waals surface area (Å²) in [6, 6.07) is 5.00. The number of carbonyl (C=O) groups is 3. The first-order chi connectivity index (χ1) is 11.6. The molecule has 0 aliphatic heterocycles. The molecule has 1 aromatic carbocycles. The molecule has 0 aromatic heterocycles. The van der Waals surface area contributed by atoms with Crippen LogP contribution >= 0.6 is 23.2 Å². The first-order valence-corrected chi connectivity index (χ1v) is 7.31. The van der Waals surface area contributed by atoms with Crippen molar-refractivity contribution in [1.82, 2.24) is 0 Å². The molecule has 0 saturated carbocycles. The first kappa shape index (κ1) is 24.2. The summed E-state index contributed by atoms with van der Waals surface area (Å²) in [6.07, 6.45) is -11.5. The number of Topliss-reactive ketones (excluding diaryl/α,β-unsaturated/α-hetero) is 2. The van der Waals surface area contributed by atoms with Crippen LogP contribution in [0.1, 0.15) is 13.8 Å². The summed E-state index contributed by atoms with van der Waals surface area (Å²) in [7, 11) is 0. The molecule has 0 atom stereocenters. The number of nitrogens with one attached hydrogen (secondary N) is 1. The molecular formula is C14H11Cl2F6NO3. The Kier molecular flexibility index (Phi) is 8.58. The molecule has 0 heterocycles. The minimum atomic E-state index is -5.77. The maximum atomic E-state index is 11.3. The van der Waals surface area contributed by atoms with Crippen LogP contribution in [-0.2, 0) is 14.4 Å². The molecule has 1 N–H and O–H groups in total. The molecule has 0 fully saturated rings. The molecule has 1 amide bonds. The number of alkyl halides is 6. The number of halogens is 8. The molecule has 0 bridgehead atoms. The van der Waals surface area contributed by atoms with Crippen molar-refractivity contribution in [3.8, 4) is 0 Å². The van der Waals surface area contributed by atoms with E-state index < -0.39 is 23.9 Å². The summed E-state index contributed by atoms with van der Waals surface area (Å²) in [5.74, 6) is -6.90. The molecule has 12 heteroatoms. The van der Waals surface area contributed by atoms with E-state index in [0.29, 0.717) is 15.7 Å². The highest BCUT2D eigenvalue weighted by atomic mass is 35.5. The maximum Gasteiger partial charge on any atom is 0.458 e. The van der Waals surface area contributed by atoms with E-state index in [2.05, 4.69) is 5.32 Å². The molecule has 0 radical (unpaired) electrons. The van der Waals surface area contributed by atoms with E-state index in [1.807, 2.05) is 13.8 Å². The molecule has 0 aliphatic rings. The number of anilines is 1. The number of rotatable bonds is 3. The Morgan fingerprint density at radius 1 is 0.885 bits per heavy atom. The first-order valence-electron chi connectivity index (χ1n) is 6.56. The Balaban J connectivity index is 0.000000488. The second-order valence-corrected chi connectivity index (χ2v) is 5.74. The number of benzene rings is 1. The zero-order valence-corrected chi connectivity index (χ0v) is 14.6. The third-order valence-corrected chi connectivity index (χ3v) is 3.17. The van der Waals surface area contributed by atoms with Gasteiger partial charge in [-0.15, -0.1) is 0 Å². The van der Waals surface area contributed by atoms with Gasteiger partial charge in [0.2, 0.25) is 5.91 Å². The lowest BCUT2D eigenvalue weighted by molar-refractivity contribution is -0.193. The monoisotopic (exact) mass is 425 g/mol. The van der Waals surface area contributed by atoms with Gasteiger partial charge in [0.05, 0.1) is 10.0 Å². The summed E-state index contributed by atoms with van der Waals surface area (Å²) in [4.78, 5) is 30.6. The fraction of sp³-hybridized carbons (Fsp3) is 0.357. The van der Waals surface area contributed by atoms with Gasteiger partial charge in [-0.2, -0.15) is 26.3 Å². The smallest absolute Gasteiger partial charge is 0.326 e. The van der Waals surface area contributed by atoms with Crippen molar-refractivity contribution in [2.45, 2.75) is 26.2 Å². The van der Waals surface area contributed by atoms with Crippen LogP contribution in [0, 0.1) is 5.92 Å². The van der Waals surface area contributed by atoms with Crippen molar-refractivity contribution < 1.29 is 40.7 Å². The van der Waals surface area contributed by atoms with Crippen LogP contribution in [0.25, 0.3) is 0 Å². The lowest BCUT2D eigenvalue weighted by Gasteiger charge is -2.08. The number of carbonyl (C=O) groups excluding carboxylic acids is 3. The summed E-state index contributed by atoms with van der Waals surface area (Å²) in [5.41, 5.74) is 0.665. The van der Waals surface area contributed by atoms with Crippen LogP contribution in [0.3, 0.4) is 0 Å². The fourth-order valence-electron chi connectivity index (χ4n) is 1.12. The van der Waals surface area contributed by atoms with Gasteiger partial charge in [0.1, 0.15) is 0 Å². The van der Waals surface area contributed by atoms with Crippen molar-refractivity contribution in [3.63, 3.8) is 0 Å². The van der Waals surface area contributed by atoms with Gasteiger partial charge in [-0.3, -0.25) is 14.4 Å². The highest BCUT2D eigenvalue weighted by Gasteiger charge is 2.54. The topological polar surface area (TPSA) is 63.2 Å². The van der Waals surface area contributed by atoms with Crippen molar-refractivity contribution in [1.29, 1.82) is 0 Å². The van der Waals surface area contributed by atoms with E-state index in [9.17, 15) is 40.7 Å². The van der Waals surface area contributed by atoms with Gasteiger partial charge in [0.15, 0.2) is 0 Å². The zero-order valence-electron chi connectivity index (χ0n) is 13.1. The Morgan fingerprint density at radius 2 is 1.31 bits per heavy atom. The van der Waals surface area contributed by atoms with Crippen molar-refractivity contribution in [2.24, 2.45) is 5.92 Å². The molecular weight excluding hydrogens is 415 g/mol. The third kappa shape index (κ3) is 8.05. The molecule has 0 aliphatic carbocycles. The van der Waals surface area contributed by atoms with E-state index in [1.165, 1.54) is 0 Å². The van der Waals surface area contributed by atoms with Crippen LogP contribution in [0.2, 0.25) is 10.0 Å². The average Bonchev–Trinajstić information content (AvgIpc) is 2.48. The molecule has 1 aromatic rings. The van der Waals surface area contributed by atoms with Gasteiger partial charge >= 0.3 is 23.9 Å². The predicted octanol–water partition coefficient (Wildman–Crippen LogP) is 4.84. The molecule has 0 saturated heterocycles. The van der Waals surface area contributed by atoms with E-state index in [4.69, 9.17) is 23.2 Å². The normalized spacial score (nSPS) is 11.5. The Hall–Kier alpha value is -1.81. The second kappa shape index (κ2) is 9.22. The van der Waals surface area contributed by atoms with E-state index in [1.54, 1.807) is 18.2 Å². The lowest BCUT2D eigenvalue weighted by Crippen LogP contribution is -2.39. The maximum absolute atomic E-state index is 11.3. The van der Waals surface area contributed by atoms with E-state index in [-0.39, 0.29) is 11.8 Å². The zero-order chi connectivity index (χ0) is 20.9.